The molecule has 1 aliphatic rings. The van der Waals surface area contributed by atoms with Crippen molar-refractivity contribution in [2.45, 2.75) is 65.8 Å². The van der Waals surface area contributed by atoms with Crippen LogP contribution in [0.15, 0.2) is 12.1 Å². The summed E-state index contributed by atoms with van der Waals surface area (Å²) in [5.41, 5.74) is 1.52. The highest BCUT2D eigenvalue weighted by Crippen LogP contribution is 2.46. The second kappa shape index (κ2) is 4.33. The second-order valence-corrected chi connectivity index (χ2v) is 5.97. The van der Waals surface area contributed by atoms with Crippen molar-refractivity contribution < 1.29 is 4.65 Å². The third-order valence-corrected chi connectivity index (χ3v) is 4.07. The smallest absolute Gasteiger partial charge is 0.323 e. The van der Waals surface area contributed by atoms with E-state index in [9.17, 15) is 0 Å². The first-order chi connectivity index (χ1) is 6.80. The molecule has 1 nitrogen and oxygen atoms in total. The molecule has 0 aromatic carbocycles. The minimum Gasteiger partial charge on any atom is -0.426 e. The fourth-order valence-electron chi connectivity index (χ4n) is 2.06. The third-order valence-electron chi connectivity index (χ3n) is 4.07. The summed E-state index contributed by atoms with van der Waals surface area (Å²) >= 11 is 0. The molecule has 1 rings (SSSR count). The zero-order valence-electron chi connectivity index (χ0n) is 11.0. The van der Waals surface area contributed by atoms with Crippen molar-refractivity contribution in [3.8, 4) is 0 Å². The first kappa shape index (κ1) is 12.8. The van der Waals surface area contributed by atoms with Crippen molar-refractivity contribution in [2.75, 3.05) is 0 Å². The van der Waals surface area contributed by atoms with Gasteiger partial charge in [-0.2, -0.15) is 0 Å². The van der Waals surface area contributed by atoms with E-state index in [0.717, 1.165) is 12.7 Å². The number of unbranched alkanes of at least 4 members (excludes halogenated alkanes) is 1. The molecular formula is C13H25BO. The SMILES string of the molecule is C=C(CCCC)B1CC(C)(C)C(C)(C)O1. The lowest BCUT2D eigenvalue weighted by molar-refractivity contribution is 0.0370. The van der Waals surface area contributed by atoms with Gasteiger partial charge in [-0.25, -0.2) is 0 Å². The van der Waals surface area contributed by atoms with E-state index in [0.29, 0.717) is 0 Å². The highest BCUT2D eigenvalue weighted by Gasteiger charge is 2.49. The number of hydrogen-bond donors (Lipinski definition) is 0. The zero-order chi connectivity index (χ0) is 11.7. The molecule has 0 saturated carbocycles. The van der Waals surface area contributed by atoms with E-state index in [1.807, 2.05) is 0 Å². The van der Waals surface area contributed by atoms with Gasteiger partial charge in [0.05, 0.1) is 5.60 Å². The predicted molar refractivity (Wildman–Crippen MR) is 68.2 cm³/mol. The normalized spacial score (nSPS) is 23.1. The molecule has 0 radical (unpaired) electrons. The van der Waals surface area contributed by atoms with Crippen molar-refractivity contribution in [1.82, 2.24) is 0 Å². The molecule has 1 fully saturated rings. The van der Waals surface area contributed by atoms with Gasteiger partial charge in [0.2, 0.25) is 0 Å². The van der Waals surface area contributed by atoms with Crippen LogP contribution in [0.1, 0.15) is 53.9 Å². The Kier molecular flexibility index (Phi) is 3.70. The van der Waals surface area contributed by atoms with Crippen LogP contribution < -0.4 is 0 Å². The van der Waals surface area contributed by atoms with Crippen molar-refractivity contribution >= 4 is 6.92 Å². The Morgan fingerprint density at radius 3 is 2.33 bits per heavy atom. The topological polar surface area (TPSA) is 9.23 Å². The van der Waals surface area contributed by atoms with Gasteiger partial charge in [0, 0.05) is 0 Å². The van der Waals surface area contributed by atoms with E-state index >= 15 is 0 Å². The molecule has 0 amide bonds. The fourth-order valence-corrected chi connectivity index (χ4v) is 2.06. The molecule has 1 aliphatic heterocycles. The van der Waals surface area contributed by atoms with Crippen molar-refractivity contribution in [3.63, 3.8) is 0 Å². The maximum absolute atomic E-state index is 6.12. The Morgan fingerprint density at radius 1 is 1.33 bits per heavy atom. The molecule has 0 aromatic rings. The molecular weight excluding hydrogens is 183 g/mol. The van der Waals surface area contributed by atoms with E-state index in [-0.39, 0.29) is 17.9 Å². The molecule has 0 spiro atoms. The van der Waals surface area contributed by atoms with Gasteiger partial charge in [0.1, 0.15) is 0 Å². The maximum Gasteiger partial charge on any atom is 0.323 e. The highest BCUT2D eigenvalue weighted by atomic mass is 16.5. The van der Waals surface area contributed by atoms with Gasteiger partial charge in [-0.1, -0.05) is 39.1 Å². The molecule has 0 unspecified atom stereocenters. The van der Waals surface area contributed by atoms with E-state index < -0.39 is 0 Å². The standard InChI is InChI=1S/C13H25BO/c1-7-8-9-11(2)14-10-12(3,4)13(5,6)15-14/h2,7-10H2,1,3-6H3. The minimum absolute atomic E-state index is 0.0210. The Bertz CT molecular complexity index is 227. The average Bonchev–Trinajstić information content (AvgIpc) is 2.32. The van der Waals surface area contributed by atoms with Crippen LogP contribution in [0.25, 0.3) is 0 Å². The van der Waals surface area contributed by atoms with Crippen molar-refractivity contribution in [2.24, 2.45) is 5.41 Å². The van der Waals surface area contributed by atoms with Crippen molar-refractivity contribution in [3.05, 3.63) is 12.1 Å². The molecule has 0 atom stereocenters. The van der Waals surface area contributed by atoms with Crippen LogP contribution in [-0.4, -0.2) is 12.5 Å². The van der Waals surface area contributed by atoms with Crippen LogP contribution in [0, 0.1) is 5.41 Å². The van der Waals surface area contributed by atoms with Gasteiger partial charge in [0.15, 0.2) is 0 Å². The third kappa shape index (κ3) is 2.66. The Morgan fingerprint density at radius 2 is 1.93 bits per heavy atom. The Balaban J connectivity index is 2.59. The number of allylic oxidation sites excluding steroid dienone is 1. The largest absolute Gasteiger partial charge is 0.426 e. The molecule has 15 heavy (non-hydrogen) atoms. The van der Waals surface area contributed by atoms with Gasteiger partial charge in [-0.3, -0.25) is 0 Å². The van der Waals surface area contributed by atoms with Crippen LogP contribution in [0.2, 0.25) is 6.32 Å². The maximum atomic E-state index is 6.12. The summed E-state index contributed by atoms with van der Waals surface area (Å²) in [4.78, 5) is 0. The van der Waals surface area contributed by atoms with Crippen LogP contribution >= 0.6 is 0 Å². The van der Waals surface area contributed by atoms with Crippen molar-refractivity contribution in [1.29, 1.82) is 0 Å². The van der Waals surface area contributed by atoms with E-state index in [1.165, 1.54) is 18.3 Å². The lowest BCUT2D eigenvalue weighted by atomic mass is 9.53. The summed E-state index contributed by atoms with van der Waals surface area (Å²) in [5, 5.41) is 0. The molecule has 1 heterocycles. The minimum atomic E-state index is -0.0210. The summed E-state index contributed by atoms with van der Waals surface area (Å²) < 4.78 is 6.12. The number of hydrogen-bond acceptors (Lipinski definition) is 1. The predicted octanol–water partition coefficient (Wildman–Crippen LogP) is 4.10. The summed E-state index contributed by atoms with van der Waals surface area (Å²) in [6.45, 7) is 15.7. The second-order valence-electron chi connectivity index (χ2n) is 5.97. The highest BCUT2D eigenvalue weighted by molar-refractivity contribution is 6.61. The molecule has 86 valence electrons. The fraction of sp³-hybridized carbons (Fsp3) is 0.846. The lowest BCUT2D eigenvalue weighted by Gasteiger charge is -2.34. The zero-order valence-corrected chi connectivity index (χ0v) is 11.0. The Labute approximate surface area is 95.4 Å². The van der Waals surface area contributed by atoms with Gasteiger partial charge >= 0.3 is 6.92 Å². The van der Waals surface area contributed by atoms with E-state index in [1.54, 1.807) is 0 Å². The summed E-state index contributed by atoms with van der Waals surface area (Å²) in [5.74, 6) is 0. The Hall–Kier alpha value is -0.235. The summed E-state index contributed by atoms with van der Waals surface area (Å²) in [6.07, 6.45) is 4.70. The van der Waals surface area contributed by atoms with Crippen LogP contribution in [0.3, 0.4) is 0 Å². The van der Waals surface area contributed by atoms with Gasteiger partial charge in [-0.15, -0.1) is 6.58 Å². The molecule has 0 aliphatic carbocycles. The quantitative estimate of drug-likeness (QED) is 0.632. The van der Waals surface area contributed by atoms with Crippen LogP contribution in [0.4, 0.5) is 0 Å². The average molecular weight is 208 g/mol. The summed E-state index contributed by atoms with van der Waals surface area (Å²) in [6, 6.07) is 0. The lowest BCUT2D eigenvalue weighted by Crippen LogP contribution is -2.34. The molecule has 0 aromatic heterocycles. The monoisotopic (exact) mass is 208 g/mol. The van der Waals surface area contributed by atoms with E-state index in [2.05, 4.69) is 41.2 Å². The van der Waals surface area contributed by atoms with Crippen LogP contribution in [-0.2, 0) is 4.65 Å². The van der Waals surface area contributed by atoms with Gasteiger partial charge in [-0.05, 0) is 32.0 Å². The molecule has 0 N–H and O–H groups in total. The molecule has 0 bridgehead atoms. The molecule has 1 saturated heterocycles. The van der Waals surface area contributed by atoms with Gasteiger partial charge < -0.3 is 4.65 Å². The molecule has 2 heteroatoms. The first-order valence-corrected chi connectivity index (χ1v) is 6.15. The van der Waals surface area contributed by atoms with E-state index in [4.69, 9.17) is 4.65 Å². The number of rotatable bonds is 4. The summed E-state index contributed by atoms with van der Waals surface area (Å²) in [7, 11) is 0. The van der Waals surface area contributed by atoms with Crippen LogP contribution in [0.5, 0.6) is 0 Å². The first-order valence-electron chi connectivity index (χ1n) is 6.15. The van der Waals surface area contributed by atoms with Gasteiger partial charge in [0.25, 0.3) is 0 Å².